The number of nitrogens with zero attached hydrogens (tertiary/aromatic N) is 3. The third-order valence-corrected chi connectivity index (χ3v) is 4.41. The van der Waals surface area contributed by atoms with Crippen molar-refractivity contribution < 1.29 is 0 Å². The Kier molecular flexibility index (Phi) is 3.82. The van der Waals surface area contributed by atoms with Crippen molar-refractivity contribution in [1.82, 2.24) is 20.1 Å². The van der Waals surface area contributed by atoms with Gasteiger partial charge in [-0.25, -0.2) is 0 Å². The molecule has 96 valence electrons. The van der Waals surface area contributed by atoms with Crippen molar-refractivity contribution in [1.29, 1.82) is 0 Å². The molecule has 0 radical (unpaired) electrons. The van der Waals surface area contributed by atoms with E-state index in [0.29, 0.717) is 6.04 Å². The number of nitrogens with one attached hydrogen (secondary N) is 1. The van der Waals surface area contributed by atoms with Gasteiger partial charge in [0.1, 0.15) is 11.6 Å². The lowest BCUT2D eigenvalue weighted by Crippen LogP contribution is -2.40. The summed E-state index contributed by atoms with van der Waals surface area (Å²) in [6, 6.07) is 0.635. The molecule has 1 aliphatic carbocycles. The first-order valence-electron chi connectivity index (χ1n) is 6.68. The molecule has 0 amide bonds. The van der Waals surface area contributed by atoms with E-state index in [0.717, 1.165) is 30.0 Å². The van der Waals surface area contributed by atoms with E-state index in [1.807, 2.05) is 14.0 Å². The Morgan fingerprint density at radius 1 is 1.29 bits per heavy atom. The van der Waals surface area contributed by atoms with Crippen LogP contribution in [0, 0.1) is 18.8 Å². The van der Waals surface area contributed by atoms with Gasteiger partial charge in [-0.05, 0) is 25.2 Å². The van der Waals surface area contributed by atoms with E-state index in [4.69, 9.17) is 0 Å². The monoisotopic (exact) mass is 236 g/mol. The molecule has 3 unspecified atom stereocenters. The van der Waals surface area contributed by atoms with Gasteiger partial charge in [0.25, 0.3) is 0 Å². The minimum Gasteiger partial charge on any atom is -0.317 e. The van der Waals surface area contributed by atoms with E-state index in [1.165, 1.54) is 19.3 Å². The SMILES string of the molecule is Cc1nnc(CNC2CCCC(C)C2C)n1C. The molecule has 0 saturated heterocycles. The molecule has 1 N–H and O–H groups in total. The lowest BCUT2D eigenvalue weighted by Gasteiger charge is -2.34. The van der Waals surface area contributed by atoms with Gasteiger partial charge in [0.05, 0.1) is 6.54 Å². The van der Waals surface area contributed by atoms with Crippen LogP contribution >= 0.6 is 0 Å². The zero-order chi connectivity index (χ0) is 12.4. The molecule has 1 fully saturated rings. The third kappa shape index (κ3) is 2.68. The molecule has 2 rings (SSSR count). The Balaban J connectivity index is 1.91. The Bertz CT molecular complexity index is 371. The normalized spacial score (nSPS) is 29.5. The predicted molar refractivity (Wildman–Crippen MR) is 68.5 cm³/mol. The van der Waals surface area contributed by atoms with Crippen LogP contribution in [0.4, 0.5) is 0 Å². The largest absolute Gasteiger partial charge is 0.317 e. The van der Waals surface area contributed by atoms with E-state index in [9.17, 15) is 0 Å². The second kappa shape index (κ2) is 5.17. The van der Waals surface area contributed by atoms with Crippen LogP contribution in [0.2, 0.25) is 0 Å². The highest BCUT2D eigenvalue weighted by Crippen LogP contribution is 2.29. The summed E-state index contributed by atoms with van der Waals surface area (Å²) in [5.74, 6) is 3.61. The van der Waals surface area contributed by atoms with Crippen LogP contribution in [0.1, 0.15) is 44.8 Å². The Morgan fingerprint density at radius 3 is 2.71 bits per heavy atom. The quantitative estimate of drug-likeness (QED) is 0.873. The lowest BCUT2D eigenvalue weighted by molar-refractivity contribution is 0.204. The fourth-order valence-electron chi connectivity index (χ4n) is 2.70. The molecule has 1 aromatic heterocycles. The fourth-order valence-corrected chi connectivity index (χ4v) is 2.70. The first kappa shape index (κ1) is 12.6. The summed E-state index contributed by atoms with van der Waals surface area (Å²) in [6.45, 7) is 7.55. The summed E-state index contributed by atoms with van der Waals surface area (Å²) >= 11 is 0. The summed E-state index contributed by atoms with van der Waals surface area (Å²) in [5.41, 5.74) is 0. The summed E-state index contributed by atoms with van der Waals surface area (Å²) in [6.07, 6.45) is 4.02. The average molecular weight is 236 g/mol. The molecule has 1 aliphatic rings. The standard InChI is InChI=1S/C13H24N4/c1-9-6-5-7-12(10(9)2)14-8-13-16-15-11(3)17(13)4/h9-10,12,14H,5-8H2,1-4H3. The van der Waals surface area contributed by atoms with Crippen LogP contribution in [0.5, 0.6) is 0 Å². The van der Waals surface area contributed by atoms with Crippen molar-refractivity contribution in [2.75, 3.05) is 0 Å². The summed E-state index contributed by atoms with van der Waals surface area (Å²) in [7, 11) is 2.03. The molecule has 0 bridgehead atoms. The number of hydrogen-bond acceptors (Lipinski definition) is 3. The van der Waals surface area contributed by atoms with E-state index in [2.05, 4.69) is 33.9 Å². The van der Waals surface area contributed by atoms with E-state index < -0.39 is 0 Å². The van der Waals surface area contributed by atoms with Gasteiger partial charge in [-0.15, -0.1) is 10.2 Å². The summed E-state index contributed by atoms with van der Waals surface area (Å²) in [4.78, 5) is 0. The maximum Gasteiger partial charge on any atom is 0.146 e. The molecular formula is C13H24N4. The first-order valence-corrected chi connectivity index (χ1v) is 6.68. The molecular weight excluding hydrogens is 212 g/mol. The van der Waals surface area contributed by atoms with Gasteiger partial charge in [-0.3, -0.25) is 0 Å². The molecule has 0 aromatic carbocycles. The van der Waals surface area contributed by atoms with Crippen LogP contribution in [0.15, 0.2) is 0 Å². The summed E-state index contributed by atoms with van der Waals surface area (Å²) in [5, 5.41) is 11.9. The number of rotatable bonds is 3. The Morgan fingerprint density at radius 2 is 2.06 bits per heavy atom. The van der Waals surface area contributed by atoms with Crippen molar-refractivity contribution in [3.63, 3.8) is 0 Å². The maximum atomic E-state index is 4.19. The maximum absolute atomic E-state index is 4.19. The van der Waals surface area contributed by atoms with E-state index in [1.54, 1.807) is 0 Å². The van der Waals surface area contributed by atoms with Gasteiger partial charge >= 0.3 is 0 Å². The molecule has 1 aromatic rings. The first-order chi connectivity index (χ1) is 8.09. The molecule has 1 saturated carbocycles. The van der Waals surface area contributed by atoms with Crippen molar-refractivity contribution >= 4 is 0 Å². The van der Waals surface area contributed by atoms with Crippen LogP contribution in [0.3, 0.4) is 0 Å². The lowest BCUT2D eigenvalue weighted by atomic mass is 9.78. The van der Waals surface area contributed by atoms with Gasteiger partial charge < -0.3 is 9.88 Å². The molecule has 3 atom stereocenters. The van der Waals surface area contributed by atoms with Gasteiger partial charge in [0.15, 0.2) is 0 Å². The third-order valence-electron chi connectivity index (χ3n) is 4.41. The van der Waals surface area contributed by atoms with Crippen LogP contribution in [0.25, 0.3) is 0 Å². The molecule has 0 spiro atoms. The highest BCUT2D eigenvalue weighted by atomic mass is 15.3. The van der Waals surface area contributed by atoms with Crippen molar-refractivity contribution in [2.45, 2.75) is 52.6 Å². The van der Waals surface area contributed by atoms with Gasteiger partial charge in [-0.2, -0.15) is 0 Å². The minimum absolute atomic E-state index is 0.635. The van der Waals surface area contributed by atoms with Crippen molar-refractivity contribution in [3.05, 3.63) is 11.6 Å². The van der Waals surface area contributed by atoms with Gasteiger partial charge in [-0.1, -0.05) is 26.7 Å². The molecule has 17 heavy (non-hydrogen) atoms. The topological polar surface area (TPSA) is 42.7 Å². The van der Waals surface area contributed by atoms with Crippen molar-refractivity contribution in [3.8, 4) is 0 Å². The van der Waals surface area contributed by atoms with Crippen LogP contribution < -0.4 is 5.32 Å². The fraction of sp³-hybridized carbons (Fsp3) is 0.846. The second-order valence-electron chi connectivity index (χ2n) is 5.48. The minimum atomic E-state index is 0.635. The Labute approximate surface area is 104 Å². The smallest absolute Gasteiger partial charge is 0.146 e. The molecule has 1 heterocycles. The predicted octanol–water partition coefficient (Wildman–Crippen LogP) is 2.04. The highest BCUT2D eigenvalue weighted by Gasteiger charge is 2.26. The molecule has 4 heteroatoms. The van der Waals surface area contributed by atoms with Crippen LogP contribution in [-0.4, -0.2) is 20.8 Å². The number of hydrogen-bond donors (Lipinski definition) is 1. The van der Waals surface area contributed by atoms with Gasteiger partial charge in [0.2, 0.25) is 0 Å². The average Bonchev–Trinajstić information content (AvgIpc) is 2.62. The summed E-state index contributed by atoms with van der Waals surface area (Å²) < 4.78 is 2.06. The van der Waals surface area contributed by atoms with Crippen LogP contribution in [-0.2, 0) is 13.6 Å². The number of aryl methyl sites for hydroxylation is 1. The Hall–Kier alpha value is -0.900. The zero-order valence-corrected chi connectivity index (χ0v) is 11.4. The zero-order valence-electron chi connectivity index (χ0n) is 11.4. The highest BCUT2D eigenvalue weighted by molar-refractivity contribution is 4.93. The van der Waals surface area contributed by atoms with Crippen molar-refractivity contribution in [2.24, 2.45) is 18.9 Å². The number of aromatic nitrogens is 3. The molecule has 0 aliphatic heterocycles. The van der Waals surface area contributed by atoms with E-state index >= 15 is 0 Å². The van der Waals surface area contributed by atoms with E-state index in [-0.39, 0.29) is 0 Å². The van der Waals surface area contributed by atoms with Gasteiger partial charge in [0, 0.05) is 13.1 Å². The second-order valence-corrected chi connectivity index (χ2v) is 5.48. The molecule has 4 nitrogen and oxygen atoms in total.